The topological polar surface area (TPSA) is 99.2 Å². The lowest BCUT2D eigenvalue weighted by Gasteiger charge is -2.32. The van der Waals surface area contributed by atoms with Crippen LogP contribution in [0, 0.1) is 6.92 Å². The number of hydrogen-bond acceptors (Lipinski definition) is 6. The van der Waals surface area contributed by atoms with E-state index in [4.69, 9.17) is 15.5 Å². The summed E-state index contributed by atoms with van der Waals surface area (Å²) in [5.74, 6) is 2.02. The summed E-state index contributed by atoms with van der Waals surface area (Å²) in [6.45, 7) is 3.17. The molecule has 1 atom stereocenters. The van der Waals surface area contributed by atoms with E-state index in [0.717, 1.165) is 47.1 Å². The highest BCUT2D eigenvalue weighted by molar-refractivity contribution is 5.99. The van der Waals surface area contributed by atoms with Crippen molar-refractivity contribution in [1.82, 2.24) is 24.4 Å². The molecule has 8 nitrogen and oxygen atoms in total. The number of aromatic nitrogens is 4. The Labute approximate surface area is 186 Å². The number of pyridine rings is 1. The van der Waals surface area contributed by atoms with Gasteiger partial charge < -0.3 is 19.9 Å². The molecule has 4 aromatic rings. The van der Waals surface area contributed by atoms with Gasteiger partial charge in [-0.05, 0) is 56.2 Å². The van der Waals surface area contributed by atoms with Gasteiger partial charge in [0.2, 0.25) is 0 Å². The van der Waals surface area contributed by atoms with Crippen LogP contribution < -0.4 is 10.5 Å². The molecule has 1 aromatic carbocycles. The van der Waals surface area contributed by atoms with Gasteiger partial charge in [0.25, 0.3) is 5.91 Å². The van der Waals surface area contributed by atoms with E-state index < -0.39 is 0 Å². The molecule has 0 saturated carbocycles. The zero-order valence-electron chi connectivity index (χ0n) is 18.5. The summed E-state index contributed by atoms with van der Waals surface area (Å²) in [6, 6.07) is 11.7. The van der Waals surface area contributed by atoms with Gasteiger partial charge in [0, 0.05) is 42.7 Å². The summed E-state index contributed by atoms with van der Waals surface area (Å²) in [7, 11) is 3.58. The van der Waals surface area contributed by atoms with E-state index in [1.54, 1.807) is 7.11 Å². The van der Waals surface area contributed by atoms with Crippen molar-refractivity contribution in [3.63, 3.8) is 0 Å². The van der Waals surface area contributed by atoms with E-state index in [9.17, 15) is 4.79 Å². The molecule has 4 heterocycles. The lowest BCUT2D eigenvalue weighted by Crippen LogP contribution is -2.40. The Kier molecular flexibility index (Phi) is 4.92. The molecule has 1 saturated heterocycles. The van der Waals surface area contributed by atoms with Crippen molar-refractivity contribution in [3.8, 4) is 5.75 Å². The van der Waals surface area contributed by atoms with Crippen molar-refractivity contribution < 1.29 is 9.53 Å². The first-order chi connectivity index (χ1) is 15.4. The van der Waals surface area contributed by atoms with Crippen LogP contribution in [0.2, 0.25) is 0 Å². The number of benzene rings is 1. The van der Waals surface area contributed by atoms with E-state index in [0.29, 0.717) is 29.5 Å². The second-order valence-electron chi connectivity index (χ2n) is 8.37. The second kappa shape index (κ2) is 7.78. The molecule has 1 aliphatic heterocycles. The van der Waals surface area contributed by atoms with Crippen molar-refractivity contribution >= 4 is 33.7 Å². The monoisotopic (exact) mass is 430 g/mol. The standard InChI is InChI=1S/C24H26N6O2/c1-14-26-22(25)18-7-8-19(28-23(18)27-14)15-5-4-10-30(13-15)24(31)21-12-16-11-17(32-3)6-9-20(16)29(21)2/h6-9,11-12,15H,4-5,10,13H2,1-3H3,(H2,25,26,27,28)/t15-/m1/s1. The molecule has 5 rings (SSSR count). The normalized spacial score (nSPS) is 16.6. The Hall–Kier alpha value is -3.68. The number of carbonyl (C=O) groups is 1. The van der Waals surface area contributed by atoms with Crippen molar-refractivity contribution in [2.75, 3.05) is 25.9 Å². The van der Waals surface area contributed by atoms with Gasteiger partial charge in [0.15, 0.2) is 5.65 Å². The minimum atomic E-state index is 0.0376. The van der Waals surface area contributed by atoms with E-state index in [2.05, 4.69) is 9.97 Å². The Morgan fingerprint density at radius 3 is 2.81 bits per heavy atom. The number of nitrogens with zero attached hydrogens (tertiary/aromatic N) is 5. The summed E-state index contributed by atoms with van der Waals surface area (Å²) in [4.78, 5) is 28.8. The highest BCUT2D eigenvalue weighted by Gasteiger charge is 2.28. The minimum absolute atomic E-state index is 0.0376. The second-order valence-corrected chi connectivity index (χ2v) is 8.37. The van der Waals surface area contributed by atoms with Gasteiger partial charge >= 0.3 is 0 Å². The van der Waals surface area contributed by atoms with Gasteiger partial charge in [-0.3, -0.25) is 4.79 Å². The van der Waals surface area contributed by atoms with Crippen LogP contribution in [-0.2, 0) is 7.05 Å². The summed E-state index contributed by atoms with van der Waals surface area (Å²) < 4.78 is 7.28. The van der Waals surface area contributed by atoms with Gasteiger partial charge in [-0.25, -0.2) is 15.0 Å². The van der Waals surface area contributed by atoms with Gasteiger partial charge in [-0.15, -0.1) is 0 Å². The van der Waals surface area contributed by atoms with Crippen LogP contribution in [0.15, 0.2) is 36.4 Å². The summed E-state index contributed by atoms with van der Waals surface area (Å²) in [5.41, 5.74) is 9.25. The average Bonchev–Trinajstić information content (AvgIpc) is 3.13. The molecule has 3 aromatic heterocycles. The van der Waals surface area contributed by atoms with E-state index >= 15 is 0 Å². The van der Waals surface area contributed by atoms with Gasteiger partial charge in [0.1, 0.15) is 23.1 Å². The number of methoxy groups -OCH3 is 1. The smallest absolute Gasteiger partial charge is 0.270 e. The van der Waals surface area contributed by atoms with Crippen molar-refractivity contribution in [2.45, 2.75) is 25.7 Å². The molecule has 2 N–H and O–H groups in total. The predicted molar refractivity (Wildman–Crippen MR) is 124 cm³/mol. The number of fused-ring (bicyclic) bond motifs is 2. The van der Waals surface area contributed by atoms with Crippen LogP contribution in [0.3, 0.4) is 0 Å². The Balaban J connectivity index is 1.43. The van der Waals surface area contributed by atoms with Crippen molar-refractivity contribution in [2.24, 2.45) is 7.05 Å². The molecular weight excluding hydrogens is 404 g/mol. The predicted octanol–water partition coefficient (Wildman–Crippen LogP) is 3.44. The minimum Gasteiger partial charge on any atom is -0.497 e. The molecule has 8 heteroatoms. The maximum absolute atomic E-state index is 13.4. The summed E-state index contributed by atoms with van der Waals surface area (Å²) in [5, 5.41) is 1.75. The number of likely N-dealkylation sites (tertiary alicyclic amines) is 1. The molecular formula is C24H26N6O2. The number of anilines is 1. The molecule has 1 amide bonds. The molecule has 0 radical (unpaired) electrons. The molecule has 32 heavy (non-hydrogen) atoms. The van der Waals surface area contributed by atoms with Crippen molar-refractivity contribution in [1.29, 1.82) is 0 Å². The van der Waals surface area contributed by atoms with Gasteiger partial charge in [-0.2, -0.15) is 0 Å². The third kappa shape index (κ3) is 3.41. The fourth-order valence-corrected chi connectivity index (χ4v) is 4.61. The van der Waals surface area contributed by atoms with Gasteiger partial charge in [-0.1, -0.05) is 0 Å². The lowest BCUT2D eigenvalue weighted by molar-refractivity contribution is 0.0697. The molecule has 164 valence electrons. The first-order valence-electron chi connectivity index (χ1n) is 10.8. The number of hydrogen-bond donors (Lipinski definition) is 1. The summed E-state index contributed by atoms with van der Waals surface area (Å²) in [6.07, 6.45) is 1.91. The van der Waals surface area contributed by atoms with E-state index in [1.165, 1.54) is 0 Å². The molecule has 0 unspecified atom stereocenters. The fourth-order valence-electron chi connectivity index (χ4n) is 4.61. The Bertz CT molecular complexity index is 1350. The summed E-state index contributed by atoms with van der Waals surface area (Å²) >= 11 is 0. The van der Waals surface area contributed by atoms with Crippen molar-refractivity contribution in [3.05, 3.63) is 53.6 Å². The molecule has 0 bridgehead atoms. The molecule has 0 spiro atoms. The van der Waals surface area contributed by atoms with Crippen LogP contribution in [0.1, 0.15) is 40.8 Å². The number of carbonyl (C=O) groups excluding carboxylic acids is 1. The first kappa shape index (κ1) is 20.2. The maximum Gasteiger partial charge on any atom is 0.270 e. The SMILES string of the molecule is COc1ccc2c(c1)cc(C(=O)N1CCC[C@@H](c3ccc4c(N)nc(C)nc4n3)C1)n2C. The van der Waals surface area contributed by atoms with Crippen LogP contribution in [-0.4, -0.2) is 50.5 Å². The quantitative estimate of drug-likeness (QED) is 0.535. The third-order valence-electron chi connectivity index (χ3n) is 6.32. The van der Waals surface area contributed by atoms with E-state index in [1.807, 2.05) is 59.8 Å². The van der Waals surface area contributed by atoms with Crippen LogP contribution >= 0.6 is 0 Å². The average molecular weight is 431 g/mol. The molecule has 1 fully saturated rings. The third-order valence-corrected chi connectivity index (χ3v) is 6.32. The first-order valence-corrected chi connectivity index (χ1v) is 10.8. The number of aryl methyl sites for hydroxylation is 2. The Morgan fingerprint density at radius 1 is 1.16 bits per heavy atom. The largest absolute Gasteiger partial charge is 0.497 e. The maximum atomic E-state index is 13.4. The zero-order chi connectivity index (χ0) is 22.4. The highest BCUT2D eigenvalue weighted by Crippen LogP contribution is 2.30. The molecule has 1 aliphatic rings. The van der Waals surface area contributed by atoms with E-state index in [-0.39, 0.29) is 11.8 Å². The number of piperidine rings is 1. The molecule has 0 aliphatic carbocycles. The number of ether oxygens (including phenoxy) is 1. The van der Waals surface area contributed by atoms with Gasteiger partial charge in [0.05, 0.1) is 12.5 Å². The number of amides is 1. The fraction of sp³-hybridized carbons (Fsp3) is 0.333. The van der Waals surface area contributed by atoms with Crippen LogP contribution in [0.25, 0.3) is 21.9 Å². The highest BCUT2D eigenvalue weighted by atomic mass is 16.5. The zero-order valence-corrected chi connectivity index (χ0v) is 18.5. The van der Waals surface area contributed by atoms with Crippen LogP contribution in [0.4, 0.5) is 5.82 Å². The Morgan fingerprint density at radius 2 is 2.00 bits per heavy atom. The lowest BCUT2D eigenvalue weighted by atomic mass is 9.94. The number of nitrogen functional groups attached to an aromatic ring is 1. The van der Waals surface area contributed by atoms with Crippen LogP contribution in [0.5, 0.6) is 5.75 Å². The number of rotatable bonds is 3. The number of nitrogens with two attached hydrogens (primary N) is 1.